The van der Waals surface area contributed by atoms with E-state index in [2.05, 4.69) is 20.9 Å². The monoisotopic (exact) mass is 377 g/mol. The molecule has 1 fully saturated rings. The molecule has 0 atom stereocenters. The van der Waals surface area contributed by atoms with Crippen molar-refractivity contribution in [2.75, 3.05) is 5.32 Å². The van der Waals surface area contributed by atoms with Crippen LogP contribution in [-0.2, 0) is 11.3 Å². The Kier molecular flexibility index (Phi) is 4.84. The van der Waals surface area contributed by atoms with Gasteiger partial charge in [-0.3, -0.25) is 14.4 Å². The lowest BCUT2D eigenvalue weighted by Gasteiger charge is -2.11. The van der Waals surface area contributed by atoms with Crippen LogP contribution < -0.4 is 16.2 Å². The Labute approximate surface area is 160 Å². The highest BCUT2D eigenvalue weighted by atomic mass is 16.2. The molecule has 0 bridgehead atoms. The Bertz CT molecular complexity index is 1100. The van der Waals surface area contributed by atoms with Crippen LogP contribution in [0.5, 0.6) is 0 Å². The molecule has 1 heterocycles. The molecule has 4 rings (SSSR count). The Hall–Kier alpha value is -3.55. The number of amides is 2. The molecular formula is C20H19N5O3. The number of anilines is 1. The molecule has 8 heteroatoms. The summed E-state index contributed by atoms with van der Waals surface area (Å²) in [5, 5.41) is 14.0. The van der Waals surface area contributed by atoms with E-state index in [0.29, 0.717) is 22.2 Å². The van der Waals surface area contributed by atoms with Crippen LogP contribution in [-0.4, -0.2) is 32.9 Å². The Balaban J connectivity index is 1.43. The molecule has 142 valence electrons. The summed E-state index contributed by atoms with van der Waals surface area (Å²) in [6.07, 6.45) is 2.01. The third-order valence-electron chi connectivity index (χ3n) is 4.54. The summed E-state index contributed by atoms with van der Waals surface area (Å²) >= 11 is 0. The maximum atomic E-state index is 12.4. The minimum atomic E-state index is -0.312. The molecule has 0 spiro atoms. The molecule has 1 aliphatic rings. The maximum absolute atomic E-state index is 12.4. The van der Waals surface area contributed by atoms with Gasteiger partial charge in [-0.15, -0.1) is 5.10 Å². The molecule has 8 nitrogen and oxygen atoms in total. The highest BCUT2D eigenvalue weighted by Crippen LogP contribution is 2.21. The molecule has 0 unspecified atom stereocenters. The Morgan fingerprint density at radius 2 is 1.82 bits per heavy atom. The number of carbonyl (C=O) groups is 2. The predicted molar refractivity (Wildman–Crippen MR) is 104 cm³/mol. The zero-order valence-electron chi connectivity index (χ0n) is 15.1. The number of hydrogen-bond acceptors (Lipinski definition) is 5. The van der Waals surface area contributed by atoms with Crippen LogP contribution in [0.3, 0.4) is 0 Å². The summed E-state index contributed by atoms with van der Waals surface area (Å²) in [5.41, 5.74) is 1.10. The fraction of sp³-hybridized carbons (Fsp3) is 0.250. The Morgan fingerprint density at radius 1 is 1.07 bits per heavy atom. The summed E-state index contributed by atoms with van der Waals surface area (Å²) in [6, 6.07) is 14.0. The number of benzene rings is 2. The van der Waals surface area contributed by atoms with Gasteiger partial charge in [0.1, 0.15) is 5.52 Å². The summed E-state index contributed by atoms with van der Waals surface area (Å²) in [7, 11) is 0. The first kappa shape index (κ1) is 17.8. The number of aryl methyl sites for hydroxylation is 1. The highest BCUT2D eigenvalue weighted by Gasteiger charge is 2.25. The SMILES string of the molecule is O=C(CCn1nnc2ccccc2c1=O)Nc1ccccc1C(=O)NC1CC1. The zero-order valence-corrected chi connectivity index (χ0v) is 15.1. The second-order valence-electron chi connectivity index (χ2n) is 6.73. The number of fused-ring (bicyclic) bond motifs is 1. The number of nitrogens with one attached hydrogen (secondary N) is 2. The first-order valence-corrected chi connectivity index (χ1v) is 9.14. The number of para-hydroxylation sites is 1. The smallest absolute Gasteiger partial charge is 0.277 e. The molecule has 0 aliphatic heterocycles. The van der Waals surface area contributed by atoms with E-state index in [9.17, 15) is 14.4 Å². The van der Waals surface area contributed by atoms with Gasteiger partial charge < -0.3 is 10.6 Å². The van der Waals surface area contributed by atoms with Crippen molar-refractivity contribution in [3.05, 3.63) is 64.4 Å². The number of rotatable bonds is 6. The maximum Gasteiger partial charge on any atom is 0.277 e. The van der Waals surface area contributed by atoms with Crippen LogP contribution in [0.25, 0.3) is 10.9 Å². The predicted octanol–water partition coefficient (Wildman–Crippen LogP) is 1.71. The van der Waals surface area contributed by atoms with Gasteiger partial charge >= 0.3 is 0 Å². The topological polar surface area (TPSA) is 106 Å². The quantitative estimate of drug-likeness (QED) is 0.680. The van der Waals surface area contributed by atoms with Crippen molar-refractivity contribution in [1.82, 2.24) is 20.3 Å². The summed E-state index contributed by atoms with van der Waals surface area (Å²) in [4.78, 5) is 37.1. The van der Waals surface area contributed by atoms with Crippen LogP contribution in [0.15, 0.2) is 53.3 Å². The largest absolute Gasteiger partial charge is 0.349 e. The molecule has 3 aromatic rings. The standard InChI is InChI=1S/C20H19N5O3/c26-18(11-12-25-20(28)15-6-2-4-8-17(15)23-24-25)22-16-7-3-1-5-14(16)19(27)21-13-9-10-13/h1-8,13H,9-12H2,(H,21,27)(H,22,26). The van der Waals surface area contributed by atoms with E-state index in [1.54, 1.807) is 48.5 Å². The van der Waals surface area contributed by atoms with E-state index < -0.39 is 0 Å². The summed E-state index contributed by atoms with van der Waals surface area (Å²) in [6.45, 7) is 0.0962. The van der Waals surface area contributed by atoms with E-state index in [4.69, 9.17) is 0 Å². The van der Waals surface area contributed by atoms with Crippen molar-refractivity contribution in [1.29, 1.82) is 0 Å². The lowest BCUT2D eigenvalue weighted by atomic mass is 10.1. The third kappa shape index (κ3) is 3.90. The van der Waals surface area contributed by atoms with Crippen LogP contribution in [0, 0.1) is 0 Å². The lowest BCUT2D eigenvalue weighted by Crippen LogP contribution is -2.28. The van der Waals surface area contributed by atoms with Crippen molar-refractivity contribution < 1.29 is 9.59 Å². The zero-order chi connectivity index (χ0) is 19.5. The molecule has 1 aliphatic carbocycles. The first-order valence-electron chi connectivity index (χ1n) is 9.14. The van der Waals surface area contributed by atoms with Gasteiger partial charge in [0.05, 0.1) is 23.2 Å². The molecule has 1 aromatic heterocycles. The Morgan fingerprint density at radius 3 is 2.64 bits per heavy atom. The second-order valence-corrected chi connectivity index (χ2v) is 6.73. The van der Waals surface area contributed by atoms with Gasteiger partial charge in [0.15, 0.2) is 0 Å². The van der Waals surface area contributed by atoms with Gasteiger partial charge in [0, 0.05) is 12.5 Å². The van der Waals surface area contributed by atoms with E-state index in [-0.39, 0.29) is 36.4 Å². The van der Waals surface area contributed by atoms with Crippen molar-refractivity contribution in [2.45, 2.75) is 31.8 Å². The number of carbonyl (C=O) groups excluding carboxylic acids is 2. The van der Waals surface area contributed by atoms with Crippen LogP contribution >= 0.6 is 0 Å². The van der Waals surface area contributed by atoms with Crippen LogP contribution in [0.1, 0.15) is 29.6 Å². The molecule has 2 aromatic carbocycles. The molecule has 2 N–H and O–H groups in total. The van der Waals surface area contributed by atoms with Crippen molar-refractivity contribution >= 4 is 28.4 Å². The first-order chi connectivity index (χ1) is 13.6. The van der Waals surface area contributed by atoms with E-state index in [1.165, 1.54) is 4.68 Å². The average Bonchev–Trinajstić information content (AvgIpc) is 3.52. The molecule has 0 radical (unpaired) electrons. The van der Waals surface area contributed by atoms with Crippen LogP contribution in [0.4, 0.5) is 5.69 Å². The van der Waals surface area contributed by atoms with Gasteiger partial charge in [-0.25, -0.2) is 4.68 Å². The third-order valence-corrected chi connectivity index (χ3v) is 4.54. The van der Waals surface area contributed by atoms with E-state index in [0.717, 1.165) is 12.8 Å². The number of aromatic nitrogens is 3. The minimum absolute atomic E-state index is 0.0332. The fourth-order valence-electron chi connectivity index (χ4n) is 2.87. The minimum Gasteiger partial charge on any atom is -0.349 e. The van der Waals surface area contributed by atoms with Crippen molar-refractivity contribution in [2.24, 2.45) is 0 Å². The van der Waals surface area contributed by atoms with Gasteiger partial charge in [-0.05, 0) is 37.1 Å². The lowest BCUT2D eigenvalue weighted by molar-refractivity contribution is -0.116. The highest BCUT2D eigenvalue weighted by molar-refractivity contribution is 6.03. The fourth-order valence-corrected chi connectivity index (χ4v) is 2.87. The summed E-state index contributed by atoms with van der Waals surface area (Å²) in [5.74, 6) is -0.511. The van der Waals surface area contributed by atoms with E-state index >= 15 is 0 Å². The second kappa shape index (κ2) is 7.59. The average molecular weight is 377 g/mol. The molecule has 28 heavy (non-hydrogen) atoms. The van der Waals surface area contributed by atoms with Crippen molar-refractivity contribution in [3.8, 4) is 0 Å². The summed E-state index contributed by atoms with van der Waals surface area (Å²) < 4.78 is 1.17. The van der Waals surface area contributed by atoms with Gasteiger partial charge in [-0.1, -0.05) is 29.5 Å². The van der Waals surface area contributed by atoms with Gasteiger partial charge in [-0.2, -0.15) is 0 Å². The molecular weight excluding hydrogens is 358 g/mol. The van der Waals surface area contributed by atoms with Gasteiger partial charge in [0.25, 0.3) is 11.5 Å². The normalized spacial score (nSPS) is 13.3. The molecule has 1 saturated carbocycles. The van der Waals surface area contributed by atoms with Gasteiger partial charge in [0.2, 0.25) is 5.91 Å². The molecule has 2 amide bonds. The van der Waals surface area contributed by atoms with E-state index in [1.807, 2.05) is 0 Å². The number of hydrogen-bond donors (Lipinski definition) is 2. The van der Waals surface area contributed by atoms with Crippen LogP contribution in [0.2, 0.25) is 0 Å². The molecule has 0 saturated heterocycles. The number of nitrogens with zero attached hydrogens (tertiary/aromatic N) is 3. The van der Waals surface area contributed by atoms with Crippen molar-refractivity contribution in [3.63, 3.8) is 0 Å².